The fourth-order valence-corrected chi connectivity index (χ4v) is 5.04. The Labute approximate surface area is 212 Å². The van der Waals surface area contributed by atoms with Crippen LogP contribution in [0.4, 0.5) is 5.69 Å². The third-order valence-corrected chi connectivity index (χ3v) is 7.31. The minimum Gasteiger partial charge on any atom is -0.503 e. The average molecular weight is 585 g/mol. The molecule has 8 heteroatoms. The standard InChI is InChI=1S/C26H19Br2NO5/c1-12-8-17-19(9-13(12)2)34-25-21(23(17)30)22(14-10-18(28)24(31)20(11-14)33-3)29(26(25)32)16-6-4-15(27)5-7-16/h4-11,22,31H,1-3H3. The number of rotatable bonds is 3. The zero-order chi connectivity index (χ0) is 24.3. The molecule has 1 aromatic heterocycles. The third kappa shape index (κ3) is 3.44. The predicted octanol–water partition coefficient (Wildman–Crippen LogP) is 6.40. The number of phenols is 1. The van der Waals surface area contributed by atoms with Crippen molar-refractivity contribution in [2.45, 2.75) is 19.9 Å². The van der Waals surface area contributed by atoms with Gasteiger partial charge in [0.05, 0.1) is 28.6 Å². The fraction of sp³-hybridized carbons (Fsp3) is 0.154. The summed E-state index contributed by atoms with van der Waals surface area (Å²) >= 11 is 6.79. The van der Waals surface area contributed by atoms with E-state index in [0.29, 0.717) is 26.7 Å². The van der Waals surface area contributed by atoms with Crippen molar-refractivity contribution in [3.8, 4) is 11.5 Å². The molecule has 0 radical (unpaired) electrons. The van der Waals surface area contributed by atoms with Crippen molar-refractivity contribution in [2.75, 3.05) is 12.0 Å². The van der Waals surface area contributed by atoms with Gasteiger partial charge in [0.2, 0.25) is 5.76 Å². The van der Waals surface area contributed by atoms with Gasteiger partial charge in [-0.2, -0.15) is 0 Å². The molecule has 0 saturated heterocycles. The lowest BCUT2D eigenvalue weighted by Gasteiger charge is -2.26. The van der Waals surface area contributed by atoms with Gasteiger partial charge in [-0.25, -0.2) is 0 Å². The Morgan fingerprint density at radius 2 is 1.68 bits per heavy atom. The minimum absolute atomic E-state index is 0.0110. The van der Waals surface area contributed by atoms with E-state index in [4.69, 9.17) is 9.15 Å². The lowest BCUT2D eigenvalue weighted by Crippen LogP contribution is -2.29. The minimum atomic E-state index is -0.781. The Hall–Kier alpha value is -3.10. The Balaban J connectivity index is 1.85. The Kier molecular flexibility index (Phi) is 5.53. The summed E-state index contributed by atoms with van der Waals surface area (Å²) in [5.41, 5.74) is 3.48. The normalized spacial score (nSPS) is 15.1. The molecule has 1 N–H and O–H groups in total. The number of aromatic hydroxyl groups is 1. The van der Waals surface area contributed by atoms with Crippen molar-refractivity contribution in [3.05, 3.63) is 95.7 Å². The van der Waals surface area contributed by atoms with Crippen LogP contribution in [-0.4, -0.2) is 18.1 Å². The van der Waals surface area contributed by atoms with Gasteiger partial charge in [0, 0.05) is 10.2 Å². The number of halogens is 2. The molecule has 1 aliphatic heterocycles. The number of ether oxygens (including phenoxy) is 1. The van der Waals surface area contributed by atoms with E-state index < -0.39 is 11.9 Å². The SMILES string of the molecule is COc1cc(C2c3c(oc4cc(C)c(C)cc4c3=O)C(=O)N2c2ccc(Br)cc2)cc(Br)c1O. The van der Waals surface area contributed by atoms with Crippen molar-refractivity contribution >= 4 is 54.4 Å². The number of carbonyl (C=O) groups excluding carboxylic acids is 1. The summed E-state index contributed by atoms with van der Waals surface area (Å²) in [5.74, 6) is -0.250. The molecule has 1 aliphatic rings. The Morgan fingerprint density at radius 1 is 1.00 bits per heavy atom. The number of benzene rings is 3. The molecule has 5 rings (SSSR count). The zero-order valence-electron chi connectivity index (χ0n) is 18.5. The van der Waals surface area contributed by atoms with E-state index in [1.807, 2.05) is 26.0 Å². The van der Waals surface area contributed by atoms with Crippen LogP contribution in [0.5, 0.6) is 11.5 Å². The molecule has 1 unspecified atom stereocenters. The lowest BCUT2D eigenvalue weighted by atomic mass is 9.97. The number of carbonyl (C=O) groups is 1. The van der Waals surface area contributed by atoms with Gasteiger partial charge in [-0.3, -0.25) is 14.5 Å². The van der Waals surface area contributed by atoms with Gasteiger partial charge >= 0.3 is 0 Å². The number of hydrogen-bond donors (Lipinski definition) is 1. The van der Waals surface area contributed by atoms with E-state index in [-0.39, 0.29) is 28.3 Å². The smallest absolute Gasteiger partial charge is 0.295 e. The van der Waals surface area contributed by atoms with E-state index in [1.54, 1.807) is 41.3 Å². The molecule has 1 amide bonds. The van der Waals surface area contributed by atoms with Crippen LogP contribution in [0.3, 0.4) is 0 Å². The quantitative estimate of drug-likeness (QED) is 0.301. The molecule has 2 heterocycles. The Bertz CT molecular complexity index is 1540. The second-order valence-corrected chi connectivity index (χ2v) is 9.98. The summed E-state index contributed by atoms with van der Waals surface area (Å²) in [6.45, 7) is 3.86. The predicted molar refractivity (Wildman–Crippen MR) is 137 cm³/mol. The first-order chi connectivity index (χ1) is 16.2. The number of amides is 1. The molecule has 34 heavy (non-hydrogen) atoms. The molecule has 0 spiro atoms. The van der Waals surface area contributed by atoms with Crippen LogP contribution in [0.15, 0.2) is 66.7 Å². The molecular weight excluding hydrogens is 566 g/mol. The van der Waals surface area contributed by atoms with E-state index >= 15 is 0 Å². The maximum Gasteiger partial charge on any atom is 0.295 e. The number of phenolic OH excluding ortho intramolecular Hbond substituents is 1. The van der Waals surface area contributed by atoms with Gasteiger partial charge < -0.3 is 14.3 Å². The van der Waals surface area contributed by atoms with Crippen LogP contribution in [0.25, 0.3) is 11.0 Å². The van der Waals surface area contributed by atoms with Crippen LogP contribution >= 0.6 is 31.9 Å². The number of methoxy groups -OCH3 is 1. The summed E-state index contributed by atoms with van der Waals surface area (Å²) in [7, 11) is 1.44. The molecule has 0 bridgehead atoms. The van der Waals surface area contributed by atoms with Crippen molar-refractivity contribution < 1.29 is 19.1 Å². The van der Waals surface area contributed by atoms with Crippen LogP contribution in [0.2, 0.25) is 0 Å². The van der Waals surface area contributed by atoms with Gasteiger partial charge in [0.15, 0.2) is 16.9 Å². The molecule has 1 atom stereocenters. The molecular formula is C26H19Br2NO5. The van der Waals surface area contributed by atoms with Crippen molar-refractivity contribution in [1.82, 2.24) is 0 Å². The number of nitrogens with zero attached hydrogens (tertiary/aromatic N) is 1. The second kappa shape index (κ2) is 8.29. The number of hydrogen-bond acceptors (Lipinski definition) is 5. The molecule has 6 nitrogen and oxygen atoms in total. The van der Waals surface area contributed by atoms with Crippen LogP contribution in [-0.2, 0) is 0 Å². The van der Waals surface area contributed by atoms with Gasteiger partial charge in [-0.15, -0.1) is 0 Å². The van der Waals surface area contributed by atoms with Crippen molar-refractivity contribution in [2.24, 2.45) is 0 Å². The summed E-state index contributed by atoms with van der Waals surface area (Å²) in [4.78, 5) is 29.1. The fourth-order valence-electron chi connectivity index (χ4n) is 4.32. The monoisotopic (exact) mass is 583 g/mol. The van der Waals surface area contributed by atoms with E-state index in [9.17, 15) is 14.7 Å². The molecule has 0 saturated carbocycles. The summed E-state index contributed by atoms with van der Waals surface area (Å²) in [6, 6.07) is 13.4. The first-order valence-corrected chi connectivity index (χ1v) is 12.0. The van der Waals surface area contributed by atoms with Crippen LogP contribution in [0, 0.1) is 13.8 Å². The van der Waals surface area contributed by atoms with Gasteiger partial charge in [-0.1, -0.05) is 15.9 Å². The molecule has 0 fully saturated rings. The number of aryl methyl sites for hydroxylation is 2. The van der Waals surface area contributed by atoms with Crippen molar-refractivity contribution in [3.63, 3.8) is 0 Å². The summed E-state index contributed by atoms with van der Waals surface area (Å²) < 4.78 is 12.7. The largest absolute Gasteiger partial charge is 0.503 e. The highest BCUT2D eigenvalue weighted by atomic mass is 79.9. The lowest BCUT2D eigenvalue weighted by molar-refractivity contribution is 0.0971. The Morgan fingerprint density at radius 3 is 2.35 bits per heavy atom. The van der Waals surface area contributed by atoms with Gasteiger partial charge in [-0.05, 0) is 95.0 Å². The number of anilines is 1. The highest BCUT2D eigenvalue weighted by molar-refractivity contribution is 9.10. The van der Waals surface area contributed by atoms with E-state index in [0.717, 1.165) is 15.6 Å². The second-order valence-electron chi connectivity index (χ2n) is 8.21. The van der Waals surface area contributed by atoms with E-state index in [2.05, 4.69) is 31.9 Å². The van der Waals surface area contributed by atoms with Gasteiger partial charge in [0.25, 0.3) is 5.91 Å². The summed E-state index contributed by atoms with van der Waals surface area (Å²) in [5, 5.41) is 10.8. The highest BCUT2D eigenvalue weighted by Gasteiger charge is 2.44. The van der Waals surface area contributed by atoms with Crippen LogP contribution in [0.1, 0.15) is 38.9 Å². The highest BCUT2D eigenvalue weighted by Crippen LogP contribution is 2.45. The first-order valence-electron chi connectivity index (χ1n) is 10.4. The maximum absolute atomic E-state index is 13.8. The topological polar surface area (TPSA) is 80.0 Å². The average Bonchev–Trinajstić information content (AvgIpc) is 3.10. The maximum atomic E-state index is 13.8. The first kappa shape index (κ1) is 22.7. The molecule has 0 aliphatic carbocycles. The van der Waals surface area contributed by atoms with E-state index in [1.165, 1.54) is 7.11 Å². The zero-order valence-corrected chi connectivity index (χ0v) is 21.7. The van der Waals surface area contributed by atoms with Gasteiger partial charge in [0.1, 0.15) is 5.58 Å². The number of fused-ring (bicyclic) bond motifs is 2. The third-order valence-electron chi connectivity index (χ3n) is 6.18. The summed E-state index contributed by atoms with van der Waals surface area (Å²) in [6.07, 6.45) is 0. The van der Waals surface area contributed by atoms with Crippen LogP contribution < -0.4 is 15.1 Å². The molecule has 4 aromatic rings. The van der Waals surface area contributed by atoms with Crippen molar-refractivity contribution in [1.29, 1.82) is 0 Å². The molecule has 172 valence electrons. The molecule has 3 aromatic carbocycles.